The van der Waals surface area contributed by atoms with Crippen molar-refractivity contribution in [3.8, 4) is 5.75 Å². The number of carbonyl (C=O) groups is 2. The Morgan fingerprint density at radius 2 is 1.81 bits per heavy atom. The zero-order valence-corrected chi connectivity index (χ0v) is 17.6. The Balaban J connectivity index is 1.51. The predicted molar refractivity (Wildman–Crippen MR) is 111 cm³/mol. The number of benzene rings is 2. The second-order valence-corrected chi connectivity index (χ2v) is 7.83. The number of hydrogen-bond donors (Lipinski definition) is 2. The van der Waals surface area contributed by atoms with Gasteiger partial charge in [0.2, 0.25) is 5.91 Å². The molecular weight excluding hydrogens is 425 g/mol. The van der Waals surface area contributed by atoms with Crippen LogP contribution in [0.2, 0.25) is 0 Å². The van der Waals surface area contributed by atoms with Crippen LogP contribution in [0.5, 0.6) is 5.75 Å². The molecule has 172 valence electrons. The lowest BCUT2D eigenvalue weighted by atomic mass is 9.96. The van der Waals surface area contributed by atoms with E-state index in [0.29, 0.717) is 30.5 Å². The first-order chi connectivity index (χ1) is 15.1. The summed E-state index contributed by atoms with van der Waals surface area (Å²) in [5.74, 6) is -1.18. The van der Waals surface area contributed by atoms with Gasteiger partial charge in [-0.05, 0) is 49.6 Å². The van der Waals surface area contributed by atoms with Gasteiger partial charge in [0.15, 0.2) is 0 Å². The summed E-state index contributed by atoms with van der Waals surface area (Å²) in [5.41, 5.74) is 1.98. The first kappa shape index (κ1) is 23.6. The molecule has 0 aromatic heterocycles. The van der Waals surface area contributed by atoms with Crippen LogP contribution >= 0.6 is 0 Å². The van der Waals surface area contributed by atoms with Crippen molar-refractivity contribution in [1.29, 1.82) is 0 Å². The number of aliphatic hydroxyl groups excluding tert-OH is 1. The summed E-state index contributed by atoms with van der Waals surface area (Å²) >= 11 is 0. The second kappa shape index (κ2) is 10.0. The first-order valence-corrected chi connectivity index (χ1v) is 10.3. The quantitative estimate of drug-likeness (QED) is 0.705. The summed E-state index contributed by atoms with van der Waals surface area (Å²) in [6.07, 6.45) is -4.56. The second-order valence-electron chi connectivity index (χ2n) is 7.83. The molecule has 1 aliphatic rings. The number of aryl methyl sites for hydroxylation is 1. The average molecular weight is 450 g/mol. The molecule has 1 heterocycles. The minimum atomic E-state index is -4.79. The Kier molecular flexibility index (Phi) is 7.40. The molecule has 2 N–H and O–H groups in total. The fraction of sp³-hybridized carbons (Fsp3) is 0.391. The van der Waals surface area contributed by atoms with Crippen molar-refractivity contribution in [2.24, 2.45) is 5.92 Å². The van der Waals surface area contributed by atoms with Crippen molar-refractivity contribution in [1.82, 2.24) is 10.2 Å². The van der Waals surface area contributed by atoms with Gasteiger partial charge in [-0.3, -0.25) is 9.59 Å². The van der Waals surface area contributed by atoms with E-state index in [1.807, 2.05) is 19.1 Å². The smallest absolute Gasteiger partial charge is 0.406 e. The van der Waals surface area contributed by atoms with Gasteiger partial charge in [-0.1, -0.05) is 29.8 Å². The number of nitrogens with zero attached hydrogens (tertiary/aromatic N) is 1. The van der Waals surface area contributed by atoms with Crippen LogP contribution in [0.15, 0.2) is 48.5 Å². The molecule has 9 heteroatoms. The van der Waals surface area contributed by atoms with Crippen LogP contribution in [0.3, 0.4) is 0 Å². The molecule has 0 spiro atoms. The summed E-state index contributed by atoms with van der Waals surface area (Å²) in [5, 5.41) is 12.9. The summed E-state index contributed by atoms with van der Waals surface area (Å²) in [6.45, 7) is 2.71. The number of likely N-dealkylation sites (tertiary alicyclic amines) is 1. The third-order valence-corrected chi connectivity index (χ3v) is 5.35. The zero-order chi connectivity index (χ0) is 23.3. The van der Waals surface area contributed by atoms with Crippen molar-refractivity contribution in [3.63, 3.8) is 0 Å². The van der Waals surface area contributed by atoms with Crippen LogP contribution in [0.25, 0.3) is 0 Å². The number of piperidine rings is 1. The maximum atomic E-state index is 12.7. The molecule has 0 radical (unpaired) electrons. The third kappa shape index (κ3) is 6.46. The van der Waals surface area contributed by atoms with E-state index in [0.717, 1.165) is 17.7 Å². The predicted octanol–water partition coefficient (Wildman–Crippen LogP) is 3.60. The highest BCUT2D eigenvalue weighted by molar-refractivity contribution is 5.94. The van der Waals surface area contributed by atoms with Crippen molar-refractivity contribution in [3.05, 3.63) is 65.2 Å². The van der Waals surface area contributed by atoms with Crippen molar-refractivity contribution in [2.75, 3.05) is 19.6 Å². The molecule has 1 saturated heterocycles. The molecule has 0 aliphatic carbocycles. The molecule has 3 rings (SSSR count). The number of amides is 2. The summed E-state index contributed by atoms with van der Waals surface area (Å²) in [4.78, 5) is 27.0. The van der Waals surface area contributed by atoms with E-state index in [2.05, 4.69) is 10.1 Å². The molecule has 0 bridgehead atoms. The van der Waals surface area contributed by atoms with Crippen molar-refractivity contribution in [2.45, 2.75) is 32.2 Å². The van der Waals surface area contributed by atoms with Gasteiger partial charge < -0.3 is 20.1 Å². The van der Waals surface area contributed by atoms with E-state index in [1.54, 1.807) is 17.0 Å². The maximum absolute atomic E-state index is 12.7. The lowest BCUT2D eigenvalue weighted by Gasteiger charge is -2.32. The van der Waals surface area contributed by atoms with E-state index in [4.69, 9.17) is 0 Å². The van der Waals surface area contributed by atoms with Crippen LogP contribution < -0.4 is 10.1 Å². The lowest BCUT2D eigenvalue weighted by Crippen LogP contribution is -2.46. The zero-order valence-electron chi connectivity index (χ0n) is 17.6. The number of ether oxygens (including phenoxy) is 1. The number of nitrogens with one attached hydrogen (secondary N) is 1. The van der Waals surface area contributed by atoms with Gasteiger partial charge in [-0.15, -0.1) is 13.2 Å². The van der Waals surface area contributed by atoms with Gasteiger partial charge in [0.25, 0.3) is 5.91 Å². The van der Waals surface area contributed by atoms with Gasteiger partial charge in [-0.25, -0.2) is 0 Å². The summed E-state index contributed by atoms with van der Waals surface area (Å²) in [6, 6.07) is 12.1. The Hall–Kier alpha value is -3.07. The Labute approximate surface area is 184 Å². The lowest BCUT2D eigenvalue weighted by molar-refractivity contribution is -0.274. The topological polar surface area (TPSA) is 78.9 Å². The first-order valence-electron chi connectivity index (χ1n) is 10.3. The normalized spacial score (nSPS) is 17.5. The average Bonchev–Trinajstić information content (AvgIpc) is 2.77. The molecule has 1 fully saturated rings. The molecule has 2 aromatic carbocycles. The van der Waals surface area contributed by atoms with E-state index in [1.165, 1.54) is 12.1 Å². The Morgan fingerprint density at radius 1 is 1.16 bits per heavy atom. The minimum Gasteiger partial charge on any atom is -0.406 e. The van der Waals surface area contributed by atoms with E-state index < -0.39 is 24.1 Å². The number of carbonyl (C=O) groups excluding carboxylic acids is 2. The highest BCUT2D eigenvalue weighted by atomic mass is 19.4. The van der Waals surface area contributed by atoms with Gasteiger partial charge in [-0.2, -0.15) is 0 Å². The van der Waals surface area contributed by atoms with Gasteiger partial charge >= 0.3 is 6.36 Å². The highest BCUT2D eigenvalue weighted by Gasteiger charge is 2.31. The fourth-order valence-corrected chi connectivity index (χ4v) is 3.61. The number of alkyl halides is 3. The van der Waals surface area contributed by atoms with E-state index in [9.17, 15) is 27.9 Å². The molecule has 2 aromatic rings. The van der Waals surface area contributed by atoms with Crippen molar-refractivity contribution >= 4 is 11.8 Å². The molecule has 1 aliphatic heterocycles. The van der Waals surface area contributed by atoms with Crippen LogP contribution in [0, 0.1) is 12.8 Å². The van der Waals surface area contributed by atoms with Crippen molar-refractivity contribution < 1.29 is 32.6 Å². The molecule has 0 saturated carbocycles. The van der Waals surface area contributed by atoms with Gasteiger partial charge in [0.1, 0.15) is 5.75 Å². The molecular formula is C23H25F3N2O4. The fourth-order valence-electron chi connectivity index (χ4n) is 3.61. The molecule has 2 amide bonds. The largest absolute Gasteiger partial charge is 0.573 e. The molecule has 32 heavy (non-hydrogen) atoms. The third-order valence-electron chi connectivity index (χ3n) is 5.35. The number of hydrogen-bond acceptors (Lipinski definition) is 4. The van der Waals surface area contributed by atoms with Crippen LogP contribution in [0.4, 0.5) is 13.2 Å². The number of rotatable bonds is 6. The Morgan fingerprint density at radius 3 is 2.44 bits per heavy atom. The van der Waals surface area contributed by atoms with Crippen LogP contribution in [-0.4, -0.2) is 47.8 Å². The Bertz CT molecular complexity index is 930. The molecule has 2 atom stereocenters. The van der Waals surface area contributed by atoms with E-state index in [-0.39, 0.29) is 24.9 Å². The standard InChI is InChI=1S/C23H25F3N2O4/c1-15-4-6-17(7-5-15)22(31)28-12-2-3-18(14-28)21(30)27-13-20(29)16-8-10-19(11-9-16)32-23(24,25)26/h4-11,18,20,29H,2-3,12-14H2,1H3,(H,27,30). The van der Waals surface area contributed by atoms with Crippen LogP contribution in [0.1, 0.15) is 40.4 Å². The minimum absolute atomic E-state index is 0.0965. The monoisotopic (exact) mass is 450 g/mol. The molecule has 6 nitrogen and oxygen atoms in total. The number of halogens is 3. The van der Waals surface area contributed by atoms with E-state index >= 15 is 0 Å². The summed E-state index contributed by atoms with van der Waals surface area (Å²) < 4.78 is 40.5. The SMILES string of the molecule is Cc1ccc(C(=O)N2CCCC(C(=O)NCC(O)c3ccc(OC(F)(F)F)cc3)C2)cc1. The van der Waals surface area contributed by atoms with Crippen LogP contribution in [-0.2, 0) is 4.79 Å². The molecule has 2 unspecified atom stereocenters. The van der Waals surface area contributed by atoms with Gasteiger partial charge in [0.05, 0.1) is 12.0 Å². The maximum Gasteiger partial charge on any atom is 0.573 e. The summed E-state index contributed by atoms with van der Waals surface area (Å²) in [7, 11) is 0. The number of aliphatic hydroxyl groups is 1. The van der Waals surface area contributed by atoms with Gasteiger partial charge in [0, 0.05) is 25.2 Å². The highest BCUT2D eigenvalue weighted by Crippen LogP contribution is 2.24.